The van der Waals surface area contributed by atoms with Crippen LogP contribution in [0.4, 0.5) is 24.8 Å². The molecule has 3 heterocycles. The minimum atomic E-state index is -4.36. The summed E-state index contributed by atoms with van der Waals surface area (Å²) in [6.45, 7) is 3.20. The van der Waals surface area contributed by atoms with Gasteiger partial charge in [-0.2, -0.15) is 13.2 Å². The molecule has 0 bridgehead atoms. The van der Waals surface area contributed by atoms with Gasteiger partial charge in [0.15, 0.2) is 5.82 Å². The molecule has 30 heavy (non-hydrogen) atoms. The summed E-state index contributed by atoms with van der Waals surface area (Å²) in [4.78, 5) is 15.4. The first-order chi connectivity index (χ1) is 14.5. The van der Waals surface area contributed by atoms with Crippen molar-refractivity contribution in [2.45, 2.75) is 12.7 Å². The standard InChI is InChI=1S/C21H20F3N5O/c22-21(23,24)17-3-1-2-15(12-17)13-26-18-6-7-25-20(28-18)16-4-5-19(27-14-16)29-8-10-30-11-9-29/h1-7,12,14H,8-11,13H2,(H,25,26,28). The van der Waals surface area contributed by atoms with Gasteiger partial charge < -0.3 is 15.0 Å². The summed E-state index contributed by atoms with van der Waals surface area (Å²) in [6.07, 6.45) is -1.04. The number of halogens is 3. The van der Waals surface area contributed by atoms with Crippen LogP contribution in [0, 0.1) is 0 Å². The van der Waals surface area contributed by atoms with Crippen molar-refractivity contribution in [3.63, 3.8) is 0 Å². The van der Waals surface area contributed by atoms with Gasteiger partial charge in [-0.05, 0) is 35.9 Å². The lowest BCUT2D eigenvalue weighted by molar-refractivity contribution is -0.137. The van der Waals surface area contributed by atoms with E-state index < -0.39 is 11.7 Å². The van der Waals surface area contributed by atoms with Gasteiger partial charge in [0.1, 0.15) is 11.6 Å². The van der Waals surface area contributed by atoms with Crippen LogP contribution < -0.4 is 10.2 Å². The number of ether oxygens (including phenoxy) is 1. The second kappa shape index (κ2) is 8.66. The summed E-state index contributed by atoms with van der Waals surface area (Å²) in [5.41, 5.74) is 0.604. The SMILES string of the molecule is FC(F)(F)c1cccc(CNc2ccnc(-c3ccc(N4CCOCC4)nc3)n2)c1. The quantitative estimate of drug-likeness (QED) is 0.680. The number of hydrogen-bond acceptors (Lipinski definition) is 6. The summed E-state index contributed by atoms with van der Waals surface area (Å²) in [5.74, 6) is 1.89. The van der Waals surface area contributed by atoms with Crippen LogP contribution in [-0.4, -0.2) is 41.3 Å². The number of pyridine rings is 1. The van der Waals surface area contributed by atoms with Crippen LogP contribution in [0.5, 0.6) is 0 Å². The van der Waals surface area contributed by atoms with E-state index in [2.05, 4.69) is 25.2 Å². The van der Waals surface area contributed by atoms with Crippen molar-refractivity contribution in [2.75, 3.05) is 36.5 Å². The largest absolute Gasteiger partial charge is 0.416 e. The molecular weight excluding hydrogens is 395 g/mol. The molecule has 0 unspecified atom stereocenters. The van der Waals surface area contributed by atoms with Crippen molar-refractivity contribution in [3.05, 3.63) is 66.0 Å². The van der Waals surface area contributed by atoms with Crippen LogP contribution in [0.25, 0.3) is 11.4 Å². The lowest BCUT2D eigenvalue weighted by Gasteiger charge is -2.27. The van der Waals surface area contributed by atoms with Gasteiger partial charge >= 0.3 is 6.18 Å². The maximum atomic E-state index is 12.9. The molecule has 1 aliphatic heterocycles. The average Bonchev–Trinajstić information content (AvgIpc) is 2.78. The van der Waals surface area contributed by atoms with E-state index in [1.165, 1.54) is 6.07 Å². The van der Waals surface area contributed by atoms with E-state index >= 15 is 0 Å². The number of morpholine rings is 1. The Morgan fingerprint density at radius 1 is 1.03 bits per heavy atom. The number of nitrogens with one attached hydrogen (secondary N) is 1. The van der Waals surface area contributed by atoms with Crippen molar-refractivity contribution in [3.8, 4) is 11.4 Å². The fraction of sp³-hybridized carbons (Fsp3) is 0.286. The Labute approximate surface area is 171 Å². The van der Waals surface area contributed by atoms with E-state index in [4.69, 9.17) is 4.74 Å². The topological polar surface area (TPSA) is 63.2 Å². The molecule has 9 heteroatoms. The van der Waals surface area contributed by atoms with Crippen LogP contribution in [0.1, 0.15) is 11.1 Å². The van der Waals surface area contributed by atoms with E-state index in [1.54, 1.807) is 24.5 Å². The second-order valence-corrected chi connectivity index (χ2v) is 6.82. The normalized spacial score (nSPS) is 14.6. The number of hydrogen-bond donors (Lipinski definition) is 1. The molecule has 1 fully saturated rings. The molecule has 0 aliphatic carbocycles. The Bertz CT molecular complexity index is 988. The first-order valence-corrected chi connectivity index (χ1v) is 9.51. The summed E-state index contributed by atoms with van der Waals surface area (Å²) < 4.78 is 43.9. The molecule has 2 aromatic heterocycles. The third-order valence-corrected chi connectivity index (χ3v) is 4.72. The van der Waals surface area contributed by atoms with Gasteiger partial charge in [0.25, 0.3) is 0 Å². The monoisotopic (exact) mass is 415 g/mol. The van der Waals surface area contributed by atoms with Gasteiger partial charge in [0, 0.05) is 37.6 Å². The minimum Gasteiger partial charge on any atom is -0.378 e. The predicted molar refractivity (Wildman–Crippen MR) is 107 cm³/mol. The molecule has 0 atom stereocenters. The van der Waals surface area contributed by atoms with Crippen molar-refractivity contribution >= 4 is 11.6 Å². The predicted octanol–water partition coefficient (Wildman–Crippen LogP) is 4.01. The summed E-state index contributed by atoms with van der Waals surface area (Å²) in [6, 6.07) is 10.7. The number of benzene rings is 1. The molecule has 1 aromatic carbocycles. The molecule has 0 amide bonds. The fourth-order valence-corrected chi connectivity index (χ4v) is 3.14. The lowest BCUT2D eigenvalue weighted by atomic mass is 10.1. The van der Waals surface area contributed by atoms with Crippen LogP contribution in [0.2, 0.25) is 0 Å². The van der Waals surface area contributed by atoms with E-state index in [9.17, 15) is 13.2 Å². The number of aromatic nitrogens is 3. The van der Waals surface area contributed by atoms with Crippen molar-refractivity contribution in [1.82, 2.24) is 15.0 Å². The smallest absolute Gasteiger partial charge is 0.378 e. The third-order valence-electron chi connectivity index (χ3n) is 4.72. The Morgan fingerprint density at radius 2 is 1.87 bits per heavy atom. The first kappa shape index (κ1) is 20.1. The van der Waals surface area contributed by atoms with E-state index in [-0.39, 0.29) is 6.54 Å². The van der Waals surface area contributed by atoms with Gasteiger partial charge in [0.2, 0.25) is 0 Å². The molecular formula is C21H20F3N5O. The molecule has 0 spiro atoms. The zero-order valence-corrected chi connectivity index (χ0v) is 16.1. The maximum absolute atomic E-state index is 12.9. The minimum absolute atomic E-state index is 0.217. The first-order valence-electron chi connectivity index (χ1n) is 9.51. The van der Waals surface area contributed by atoms with Crippen LogP contribution in [0.3, 0.4) is 0 Å². The van der Waals surface area contributed by atoms with Gasteiger partial charge in [0.05, 0.1) is 18.8 Å². The molecule has 156 valence electrons. The Kier molecular flexibility index (Phi) is 5.80. The Balaban J connectivity index is 1.44. The van der Waals surface area contributed by atoms with E-state index in [1.807, 2.05) is 12.1 Å². The van der Waals surface area contributed by atoms with E-state index in [0.717, 1.165) is 36.6 Å². The number of nitrogens with zero attached hydrogens (tertiary/aromatic N) is 4. The molecule has 4 rings (SSSR count). The summed E-state index contributed by atoms with van der Waals surface area (Å²) in [5, 5.41) is 3.05. The Hall–Kier alpha value is -3.20. The fourth-order valence-electron chi connectivity index (χ4n) is 3.14. The molecule has 6 nitrogen and oxygen atoms in total. The lowest BCUT2D eigenvalue weighted by Crippen LogP contribution is -2.36. The van der Waals surface area contributed by atoms with Crippen LogP contribution >= 0.6 is 0 Å². The van der Waals surface area contributed by atoms with Gasteiger partial charge in [-0.1, -0.05) is 12.1 Å². The molecule has 0 radical (unpaired) electrons. The molecule has 1 N–H and O–H groups in total. The summed E-state index contributed by atoms with van der Waals surface area (Å²) >= 11 is 0. The molecule has 1 aliphatic rings. The number of alkyl halides is 3. The highest BCUT2D eigenvalue weighted by atomic mass is 19.4. The summed E-state index contributed by atoms with van der Waals surface area (Å²) in [7, 11) is 0. The van der Waals surface area contributed by atoms with Crippen LogP contribution in [0.15, 0.2) is 54.9 Å². The zero-order chi connectivity index (χ0) is 21.0. The third kappa shape index (κ3) is 4.85. The molecule has 1 saturated heterocycles. The average molecular weight is 415 g/mol. The van der Waals surface area contributed by atoms with Crippen molar-refractivity contribution < 1.29 is 17.9 Å². The van der Waals surface area contributed by atoms with Crippen molar-refractivity contribution in [1.29, 1.82) is 0 Å². The highest BCUT2D eigenvalue weighted by Crippen LogP contribution is 2.29. The highest BCUT2D eigenvalue weighted by molar-refractivity contribution is 5.58. The molecule has 3 aromatic rings. The maximum Gasteiger partial charge on any atom is 0.416 e. The number of anilines is 2. The number of rotatable bonds is 5. The van der Waals surface area contributed by atoms with Gasteiger partial charge in [-0.15, -0.1) is 0 Å². The zero-order valence-electron chi connectivity index (χ0n) is 16.1. The Morgan fingerprint density at radius 3 is 2.60 bits per heavy atom. The molecule has 0 saturated carbocycles. The van der Waals surface area contributed by atoms with Gasteiger partial charge in [-0.3, -0.25) is 0 Å². The second-order valence-electron chi connectivity index (χ2n) is 6.82. The van der Waals surface area contributed by atoms with E-state index in [0.29, 0.717) is 30.4 Å². The van der Waals surface area contributed by atoms with Crippen molar-refractivity contribution in [2.24, 2.45) is 0 Å². The van der Waals surface area contributed by atoms with Gasteiger partial charge in [-0.25, -0.2) is 15.0 Å². The highest BCUT2D eigenvalue weighted by Gasteiger charge is 2.30. The van der Waals surface area contributed by atoms with Crippen LogP contribution in [-0.2, 0) is 17.5 Å².